The van der Waals surface area contributed by atoms with Gasteiger partial charge in [0.25, 0.3) is 0 Å². The zero-order valence-corrected chi connectivity index (χ0v) is 11.8. The average molecular weight is 266 g/mol. The number of carbonyl (C=O) groups is 1. The van der Waals surface area contributed by atoms with E-state index in [0.29, 0.717) is 5.56 Å². The average Bonchev–Trinajstić information content (AvgIpc) is 2.36. The van der Waals surface area contributed by atoms with Crippen molar-refractivity contribution in [3.05, 3.63) is 29.3 Å². The van der Waals surface area contributed by atoms with Gasteiger partial charge in [-0.05, 0) is 37.7 Å². The van der Waals surface area contributed by atoms with Crippen LogP contribution in [0.2, 0.25) is 0 Å². The van der Waals surface area contributed by atoms with Crippen molar-refractivity contribution < 1.29 is 14.6 Å². The second kappa shape index (κ2) is 7.76. The number of methoxy groups -OCH3 is 1. The number of nitrogens with one attached hydrogen (secondary N) is 1. The van der Waals surface area contributed by atoms with Gasteiger partial charge in [0.1, 0.15) is 0 Å². The molecule has 0 unspecified atom stereocenters. The van der Waals surface area contributed by atoms with Crippen LogP contribution in [0, 0.1) is 6.92 Å². The van der Waals surface area contributed by atoms with Gasteiger partial charge in [-0.2, -0.15) is 0 Å². The Balaban J connectivity index is 2.42. The van der Waals surface area contributed by atoms with Gasteiger partial charge in [-0.1, -0.05) is 0 Å². The third-order valence-corrected chi connectivity index (χ3v) is 2.96. The minimum atomic E-state index is -0.886. The number of hydrogen-bond donors (Lipinski definition) is 2. The van der Waals surface area contributed by atoms with Gasteiger partial charge in [-0.3, -0.25) is 0 Å². The number of benzene rings is 1. The van der Waals surface area contributed by atoms with Crippen molar-refractivity contribution >= 4 is 11.7 Å². The quantitative estimate of drug-likeness (QED) is 0.749. The van der Waals surface area contributed by atoms with Gasteiger partial charge in [0.2, 0.25) is 0 Å². The second-order valence-electron chi connectivity index (χ2n) is 4.56. The molecule has 1 rings (SSSR count). The van der Waals surface area contributed by atoms with Crippen molar-refractivity contribution in [2.75, 3.05) is 45.7 Å². The van der Waals surface area contributed by atoms with Crippen LogP contribution in [0.5, 0.6) is 0 Å². The van der Waals surface area contributed by atoms with Gasteiger partial charge in [0, 0.05) is 32.4 Å². The van der Waals surface area contributed by atoms with E-state index in [1.165, 1.54) is 0 Å². The number of hydrogen-bond acceptors (Lipinski definition) is 4. The first-order valence-corrected chi connectivity index (χ1v) is 6.30. The number of carboxylic acid groups (broad SMARTS) is 1. The van der Waals surface area contributed by atoms with Crippen LogP contribution in [0.15, 0.2) is 18.2 Å². The molecule has 0 spiro atoms. The molecule has 0 aliphatic heterocycles. The fourth-order valence-electron chi connectivity index (χ4n) is 1.76. The summed E-state index contributed by atoms with van der Waals surface area (Å²) in [6, 6.07) is 5.29. The molecule has 0 saturated heterocycles. The zero-order chi connectivity index (χ0) is 14.3. The van der Waals surface area contributed by atoms with Crippen molar-refractivity contribution in [2.24, 2.45) is 0 Å². The Kier molecular flexibility index (Phi) is 6.32. The van der Waals surface area contributed by atoms with Crippen molar-refractivity contribution in [1.82, 2.24) is 4.90 Å². The molecule has 0 radical (unpaired) electrons. The Labute approximate surface area is 114 Å². The molecule has 0 atom stereocenters. The summed E-state index contributed by atoms with van der Waals surface area (Å²) >= 11 is 0. The van der Waals surface area contributed by atoms with Crippen molar-refractivity contribution in [3.8, 4) is 0 Å². The Morgan fingerprint density at radius 3 is 2.74 bits per heavy atom. The summed E-state index contributed by atoms with van der Waals surface area (Å²) in [6.07, 6.45) is 0. The molecule has 2 N–H and O–H groups in total. The lowest BCUT2D eigenvalue weighted by Gasteiger charge is -2.17. The predicted octanol–water partition coefficient (Wildman–Crippen LogP) is 1.68. The van der Waals surface area contributed by atoms with Crippen LogP contribution in [0.4, 0.5) is 5.69 Å². The third-order valence-electron chi connectivity index (χ3n) is 2.96. The normalized spacial score (nSPS) is 10.7. The Hall–Kier alpha value is -1.59. The van der Waals surface area contributed by atoms with Gasteiger partial charge < -0.3 is 20.1 Å². The minimum absolute atomic E-state index is 0.350. The highest BCUT2D eigenvalue weighted by Gasteiger charge is 2.06. The molecule has 0 aromatic heterocycles. The number of rotatable bonds is 8. The Morgan fingerprint density at radius 1 is 1.42 bits per heavy atom. The number of likely N-dealkylation sites (N-methyl/N-ethyl adjacent to an activating group) is 1. The summed E-state index contributed by atoms with van der Waals surface area (Å²) < 4.78 is 5.01. The molecule has 0 saturated carbocycles. The topological polar surface area (TPSA) is 61.8 Å². The summed E-state index contributed by atoms with van der Waals surface area (Å²) in [4.78, 5) is 13.1. The maximum absolute atomic E-state index is 10.9. The number of anilines is 1. The summed E-state index contributed by atoms with van der Waals surface area (Å²) in [5.74, 6) is -0.886. The molecule has 106 valence electrons. The van der Waals surface area contributed by atoms with Crippen LogP contribution in [-0.2, 0) is 4.74 Å². The monoisotopic (exact) mass is 266 g/mol. The first-order chi connectivity index (χ1) is 9.04. The summed E-state index contributed by atoms with van der Waals surface area (Å²) in [5.41, 5.74) is 2.07. The fraction of sp³-hybridized carbons (Fsp3) is 0.500. The molecular formula is C14H22N2O3. The first kappa shape index (κ1) is 15.5. The van der Waals surface area contributed by atoms with Crippen LogP contribution < -0.4 is 5.32 Å². The molecule has 5 nitrogen and oxygen atoms in total. The van der Waals surface area contributed by atoms with Gasteiger partial charge in [-0.25, -0.2) is 4.79 Å². The van der Waals surface area contributed by atoms with E-state index in [0.717, 1.165) is 37.5 Å². The number of ether oxygens (including phenoxy) is 1. The number of nitrogens with zero attached hydrogens (tertiary/aromatic N) is 1. The van der Waals surface area contributed by atoms with E-state index in [9.17, 15) is 4.79 Å². The second-order valence-corrected chi connectivity index (χ2v) is 4.56. The molecule has 0 fully saturated rings. The van der Waals surface area contributed by atoms with Gasteiger partial charge in [0.15, 0.2) is 0 Å². The number of aromatic carboxylic acids is 1. The molecule has 0 aliphatic rings. The maximum atomic E-state index is 10.9. The maximum Gasteiger partial charge on any atom is 0.335 e. The van der Waals surface area contributed by atoms with Crippen molar-refractivity contribution in [2.45, 2.75) is 6.92 Å². The lowest BCUT2D eigenvalue weighted by atomic mass is 10.1. The SMILES string of the molecule is COCCN(C)CCNc1ccc(C(=O)O)c(C)c1. The van der Waals surface area contributed by atoms with Gasteiger partial charge in [0.05, 0.1) is 12.2 Å². The van der Waals surface area contributed by atoms with Crippen LogP contribution in [0.25, 0.3) is 0 Å². The molecular weight excluding hydrogens is 244 g/mol. The largest absolute Gasteiger partial charge is 0.478 e. The van der Waals surface area contributed by atoms with E-state index < -0.39 is 5.97 Å². The smallest absolute Gasteiger partial charge is 0.335 e. The van der Waals surface area contributed by atoms with E-state index in [2.05, 4.69) is 10.2 Å². The van der Waals surface area contributed by atoms with Gasteiger partial charge >= 0.3 is 5.97 Å². The molecule has 1 aromatic rings. The molecule has 19 heavy (non-hydrogen) atoms. The third kappa shape index (κ3) is 5.28. The highest BCUT2D eigenvalue weighted by Crippen LogP contribution is 2.14. The summed E-state index contributed by atoms with van der Waals surface area (Å²) in [7, 11) is 3.73. The summed E-state index contributed by atoms with van der Waals surface area (Å²) in [6.45, 7) is 5.15. The van der Waals surface area contributed by atoms with Crippen LogP contribution in [0.3, 0.4) is 0 Å². The molecule has 0 heterocycles. The standard InChI is InChI=1S/C14H22N2O3/c1-11-10-12(4-5-13(11)14(17)18)15-6-7-16(2)8-9-19-3/h4-5,10,15H,6-9H2,1-3H3,(H,17,18). The van der Waals surface area contributed by atoms with E-state index in [4.69, 9.17) is 9.84 Å². The highest BCUT2D eigenvalue weighted by molar-refractivity contribution is 5.89. The van der Waals surface area contributed by atoms with Crippen LogP contribution in [-0.4, -0.2) is 56.4 Å². The van der Waals surface area contributed by atoms with Crippen LogP contribution >= 0.6 is 0 Å². The molecule has 0 aliphatic carbocycles. The van der Waals surface area contributed by atoms with E-state index >= 15 is 0 Å². The van der Waals surface area contributed by atoms with Gasteiger partial charge in [-0.15, -0.1) is 0 Å². The lowest BCUT2D eigenvalue weighted by Crippen LogP contribution is -2.28. The van der Waals surface area contributed by atoms with Crippen LogP contribution in [0.1, 0.15) is 15.9 Å². The van der Waals surface area contributed by atoms with E-state index in [1.54, 1.807) is 26.2 Å². The molecule has 0 bridgehead atoms. The van der Waals surface area contributed by atoms with Crippen molar-refractivity contribution in [1.29, 1.82) is 0 Å². The van der Waals surface area contributed by atoms with E-state index in [1.807, 2.05) is 13.1 Å². The summed E-state index contributed by atoms with van der Waals surface area (Å²) in [5, 5.41) is 12.2. The zero-order valence-electron chi connectivity index (χ0n) is 11.8. The number of aryl methyl sites for hydroxylation is 1. The first-order valence-electron chi connectivity index (χ1n) is 6.30. The van der Waals surface area contributed by atoms with Crippen molar-refractivity contribution in [3.63, 3.8) is 0 Å². The van der Waals surface area contributed by atoms with E-state index in [-0.39, 0.29) is 0 Å². The lowest BCUT2D eigenvalue weighted by molar-refractivity contribution is 0.0696. The Bertz CT molecular complexity index is 421. The predicted molar refractivity (Wildman–Crippen MR) is 76.0 cm³/mol. The molecule has 0 amide bonds. The molecule has 5 heteroatoms. The Morgan fingerprint density at radius 2 is 2.16 bits per heavy atom. The fourth-order valence-corrected chi connectivity index (χ4v) is 1.76. The molecule has 1 aromatic carbocycles. The highest BCUT2D eigenvalue weighted by atomic mass is 16.5. The minimum Gasteiger partial charge on any atom is -0.478 e. The number of carboxylic acids is 1.